The van der Waals surface area contributed by atoms with E-state index in [4.69, 9.17) is 23.9 Å². The summed E-state index contributed by atoms with van der Waals surface area (Å²) in [6.07, 6.45) is 6.19. The molecule has 1 unspecified atom stereocenters. The highest BCUT2D eigenvalue weighted by Crippen LogP contribution is 2.56. The normalized spacial score (nSPS) is 30.9. The quantitative estimate of drug-likeness (QED) is 0.287. The van der Waals surface area contributed by atoms with Crippen molar-refractivity contribution in [2.24, 2.45) is 23.2 Å². The number of ether oxygens (including phenoxy) is 4. The fraction of sp³-hybridized carbons (Fsp3) is 0.643. The molecule has 1 aromatic carbocycles. The molecule has 1 aromatic heterocycles. The Bertz CT molecular complexity index is 2120. The number of fused-ring (bicyclic) bond motifs is 5. The second-order valence-electron chi connectivity index (χ2n) is 17.9. The molecule has 7 atom stereocenters. The molecule has 4 amide bonds. The summed E-state index contributed by atoms with van der Waals surface area (Å²) < 4.78 is 52.2. The third-order valence-corrected chi connectivity index (χ3v) is 14.7. The van der Waals surface area contributed by atoms with Gasteiger partial charge in [0.25, 0.3) is 5.91 Å². The lowest BCUT2D eigenvalue weighted by Gasteiger charge is -2.32. The van der Waals surface area contributed by atoms with Gasteiger partial charge >= 0.3 is 6.09 Å². The molecule has 3 N–H and O–H groups in total. The zero-order valence-corrected chi connectivity index (χ0v) is 34.5. The number of pyridine rings is 1. The second kappa shape index (κ2) is 15.2. The third kappa shape index (κ3) is 7.92. The molecule has 0 radical (unpaired) electrons. The highest BCUT2D eigenvalue weighted by atomic mass is 32.2. The van der Waals surface area contributed by atoms with E-state index < -0.39 is 68.7 Å². The van der Waals surface area contributed by atoms with Crippen LogP contribution in [0.3, 0.4) is 0 Å². The number of methoxy groups -OCH3 is 1. The molecule has 2 aromatic rings. The van der Waals surface area contributed by atoms with Gasteiger partial charge in [0.05, 0.1) is 37.6 Å². The van der Waals surface area contributed by atoms with Crippen molar-refractivity contribution in [2.45, 2.75) is 120 Å². The molecule has 0 spiro atoms. The molecule has 58 heavy (non-hydrogen) atoms. The van der Waals surface area contributed by atoms with E-state index in [1.807, 2.05) is 13.0 Å². The van der Waals surface area contributed by atoms with Crippen LogP contribution in [0.25, 0.3) is 10.9 Å². The van der Waals surface area contributed by atoms with E-state index in [1.54, 1.807) is 13.2 Å². The van der Waals surface area contributed by atoms with E-state index in [1.165, 1.54) is 11.0 Å². The molecule has 5 fully saturated rings. The van der Waals surface area contributed by atoms with Crippen molar-refractivity contribution in [3.63, 3.8) is 0 Å². The van der Waals surface area contributed by atoms with Crippen LogP contribution in [-0.4, -0.2) is 98.0 Å². The van der Waals surface area contributed by atoms with E-state index in [2.05, 4.69) is 41.8 Å². The number of benzene rings is 1. The van der Waals surface area contributed by atoms with Crippen LogP contribution in [-0.2, 0) is 29.1 Å². The number of hydrogen-bond acceptors (Lipinski definition) is 11. The minimum atomic E-state index is -3.91. The number of amides is 4. The Kier molecular flexibility index (Phi) is 10.5. The van der Waals surface area contributed by atoms with Gasteiger partial charge in [0, 0.05) is 29.9 Å². The molecule has 4 saturated carbocycles. The van der Waals surface area contributed by atoms with E-state index >= 15 is 0 Å². The molecule has 314 valence electrons. The summed E-state index contributed by atoms with van der Waals surface area (Å²) in [5.41, 5.74) is -0.298. The number of nitrogens with one attached hydrogen (secondary N) is 3. The Labute approximate surface area is 339 Å². The Morgan fingerprint density at radius 2 is 1.84 bits per heavy atom. The van der Waals surface area contributed by atoms with Crippen molar-refractivity contribution >= 4 is 44.7 Å². The highest BCUT2D eigenvalue weighted by molar-refractivity contribution is 7.91. The van der Waals surface area contributed by atoms with Crippen LogP contribution in [0.5, 0.6) is 17.4 Å². The molecular weight excluding hydrogens is 767 g/mol. The predicted octanol–water partition coefficient (Wildman–Crippen LogP) is 4.48. The monoisotopic (exact) mass is 821 g/mol. The lowest BCUT2D eigenvalue weighted by molar-refractivity contribution is -0.142. The standard InChI is InChI=1S/C42H55N5O10S/c1-6-25-20-42(25,39(50)46-58(52,53)27-12-13-27)45-37(48)32-15-26-21-47(32)38(49)36(23-10-8-9-11-23)44-40(51)56-22-41(3,4)19-24-14-28(24)29-16-30-31(17-33(29)54-5)43-35(55-7-2)18-34(30)57-26/h6,16-18,23-28,32,36H,1,7-15,19-22H2,2-5H3,(H,44,51)(H,45,48)(H,46,50)/t24-,25+,26?,28-,32+,36+,42+/m1/s1. The molecule has 4 aliphatic carbocycles. The van der Waals surface area contributed by atoms with E-state index in [-0.39, 0.29) is 43.2 Å². The summed E-state index contributed by atoms with van der Waals surface area (Å²) in [6, 6.07) is 3.57. The van der Waals surface area contributed by atoms with Crippen LogP contribution in [0.4, 0.5) is 4.79 Å². The summed E-state index contributed by atoms with van der Waals surface area (Å²) in [7, 11) is -2.27. The van der Waals surface area contributed by atoms with Gasteiger partial charge in [-0.05, 0) is 86.7 Å². The number of rotatable bonds is 10. The summed E-state index contributed by atoms with van der Waals surface area (Å²) in [6.45, 7) is 10.3. The number of aromatic nitrogens is 1. The Balaban J connectivity index is 1.17. The van der Waals surface area contributed by atoms with Crippen molar-refractivity contribution in [3.05, 3.63) is 36.4 Å². The maximum absolute atomic E-state index is 14.9. The zero-order chi connectivity index (χ0) is 41.1. The first kappa shape index (κ1) is 40.2. The van der Waals surface area contributed by atoms with Gasteiger partial charge < -0.3 is 34.5 Å². The fourth-order valence-electron chi connectivity index (χ4n) is 9.48. The minimum Gasteiger partial charge on any atom is -0.496 e. The van der Waals surface area contributed by atoms with E-state index in [9.17, 15) is 27.6 Å². The van der Waals surface area contributed by atoms with Gasteiger partial charge in [-0.25, -0.2) is 18.2 Å². The van der Waals surface area contributed by atoms with Crippen molar-refractivity contribution < 1.29 is 46.5 Å². The molecule has 1 saturated heterocycles. The van der Waals surface area contributed by atoms with E-state index in [0.29, 0.717) is 61.1 Å². The van der Waals surface area contributed by atoms with Crippen LogP contribution in [0, 0.1) is 23.2 Å². The van der Waals surface area contributed by atoms with Gasteiger partial charge in [-0.2, -0.15) is 0 Å². The van der Waals surface area contributed by atoms with Crippen LogP contribution in [0.15, 0.2) is 30.9 Å². The van der Waals surface area contributed by atoms with Crippen LogP contribution < -0.4 is 29.6 Å². The summed E-state index contributed by atoms with van der Waals surface area (Å²) >= 11 is 0. The van der Waals surface area contributed by atoms with Gasteiger partial charge in [0.2, 0.25) is 27.7 Å². The number of carbonyl (C=O) groups excluding carboxylic acids is 4. The number of sulfonamides is 1. The van der Waals surface area contributed by atoms with Crippen LogP contribution in [0.2, 0.25) is 0 Å². The Morgan fingerprint density at radius 3 is 2.52 bits per heavy atom. The number of nitrogens with zero attached hydrogens (tertiary/aromatic N) is 2. The van der Waals surface area contributed by atoms with Crippen LogP contribution >= 0.6 is 0 Å². The summed E-state index contributed by atoms with van der Waals surface area (Å²) in [4.78, 5) is 62.8. The fourth-order valence-corrected chi connectivity index (χ4v) is 10.8. The minimum absolute atomic E-state index is 0.00840. The van der Waals surface area contributed by atoms with Gasteiger partial charge in [0.15, 0.2) is 0 Å². The van der Waals surface area contributed by atoms with Gasteiger partial charge in [-0.15, -0.1) is 6.58 Å². The smallest absolute Gasteiger partial charge is 0.407 e. The second-order valence-corrected chi connectivity index (χ2v) is 19.8. The largest absolute Gasteiger partial charge is 0.496 e. The molecule has 2 aliphatic heterocycles. The first-order valence-corrected chi connectivity index (χ1v) is 22.3. The van der Waals surface area contributed by atoms with Gasteiger partial charge in [-0.1, -0.05) is 32.8 Å². The van der Waals surface area contributed by atoms with E-state index in [0.717, 1.165) is 36.6 Å². The maximum atomic E-state index is 14.9. The SMILES string of the molecule is C=C[C@H]1C[C@@]1(NC(=O)[C@@H]1CC2CN1C(=O)[C@H](C1CCCC1)NC(=O)OCC(C)(C)C[C@H]1C[C@H]1c1cc3c(cc(OCC)nc3cc1OC)O2)C(=O)NS(=O)(=O)C1CC1. The topological polar surface area (TPSA) is 192 Å². The van der Waals surface area contributed by atoms with Crippen LogP contribution in [0.1, 0.15) is 96.5 Å². The Morgan fingerprint density at radius 1 is 1.09 bits per heavy atom. The average Bonchev–Trinajstić information content (AvgIpc) is 4.15. The van der Waals surface area contributed by atoms with Crippen molar-refractivity contribution in [1.82, 2.24) is 25.2 Å². The molecular formula is C42H55N5O10S. The predicted molar refractivity (Wildman–Crippen MR) is 213 cm³/mol. The molecule has 6 aliphatic rings. The molecule has 4 bridgehead atoms. The molecule has 3 heterocycles. The third-order valence-electron chi connectivity index (χ3n) is 12.9. The molecule has 15 nitrogen and oxygen atoms in total. The van der Waals surface area contributed by atoms with Gasteiger partial charge in [-0.3, -0.25) is 19.1 Å². The lowest BCUT2D eigenvalue weighted by Crippen LogP contribution is -2.59. The lowest BCUT2D eigenvalue weighted by atomic mass is 9.87. The number of hydrogen-bond donors (Lipinski definition) is 3. The molecule has 16 heteroatoms. The number of carbonyl (C=O) groups is 4. The zero-order valence-electron chi connectivity index (χ0n) is 33.7. The number of cyclic esters (lactones) is 1. The number of alkyl carbamates (subject to hydrolysis) is 1. The first-order chi connectivity index (χ1) is 27.6. The summed E-state index contributed by atoms with van der Waals surface area (Å²) in [5, 5.41) is 5.84. The van der Waals surface area contributed by atoms with Crippen molar-refractivity contribution in [1.29, 1.82) is 0 Å². The average molecular weight is 822 g/mol. The van der Waals surface area contributed by atoms with Crippen molar-refractivity contribution in [2.75, 3.05) is 26.9 Å². The Hall–Kier alpha value is -4.60. The van der Waals surface area contributed by atoms with Gasteiger partial charge in [0.1, 0.15) is 35.2 Å². The summed E-state index contributed by atoms with van der Waals surface area (Å²) in [5.74, 6) is -0.574. The maximum Gasteiger partial charge on any atom is 0.407 e. The first-order valence-electron chi connectivity index (χ1n) is 20.7. The highest BCUT2D eigenvalue weighted by Gasteiger charge is 2.62. The van der Waals surface area contributed by atoms with Crippen molar-refractivity contribution in [3.8, 4) is 17.4 Å². The molecule has 8 rings (SSSR count).